The van der Waals surface area contributed by atoms with Crippen LogP contribution >= 0.6 is 0 Å². The quantitative estimate of drug-likeness (QED) is 0.385. The normalized spacial score (nSPS) is 28.1. The Balaban J connectivity index is 1.68. The van der Waals surface area contributed by atoms with Gasteiger partial charge >= 0.3 is 11.9 Å². The molecule has 0 aromatic carbocycles. The second kappa shape index (κ2) is 5.61. The molecule has 2 N–H and O–H groups in total. The molecule has 0 saturated carbocycles. The van der Waals surface area contributed by atoms with Crippen LogP contribution in [0.15, 0.2) is 0 Å². The summed E-state index contributed by atoms with van der Waals surface area (Å²) in [6.45, 7) is 0.978. The van der Waals surface area contributed by atoms with E-state index >= 15 is 0 Å². The van der Waals surface area contributed by atoms with Gasteiger partial charge in [-0.2, -0.15) is 0 Å². The summed E-state index contributed by atoms with van der Waals surface area (Å²) in [5, 5.41) is 18.7. The third-order valence-corrected chi connectivity index (χ3v) is 2.41. The zero-order valence-electron chi connectivity index (χ0n) is 9.48. The molecule has 0 amide bonds. The van der Waals surface area contributed by atoms with E-state index in [0.29, 0.717) is 13.2 Å². The molecular weight excluding hydrogens is 248 g/mol. The van der Waals surface area contributed by atoms with Crippen molar-refractivity contribution >= 4 is 11.9 Å². The number of hydrogen-bond donors (Lipinski definition) is 2. The van der Waals surface area contributed by atoms with E-state index in [1.165, 1.54) is 0 Å². The maximum absolute atomic E-state index is 11.3. The van der Waals surface area contributed by atoms with Crippen LogP contribution in [-0.2, 0) is 28.5 Å². The molecule has 0 aliphatic carbocycles. The maximum Gasteiger partial charge on any atom is 0.338 e. The number of carbonyl (C=O) groups excluding carboxylic acids is 2. The maximum atomic E-state index is 11.3. The SMILES string of the molecule is O=C(OCC1CO1)C(O)C(O)C(=O)OCC1CO1. The van der Waals surface area contributed by atoms with Crippen LogP contribution in [0.5, 0.6) is 0 Å². The summed E-state index contributed by atoms with van der Waals surface area (Å²) in [4.78, 5) is 22.5. The second-order valence-electron chi connectivity index (χ2n) is 4.06. The molecule has 2 aliphatic heterocycles. The minimum absolute atomic E-state index is 0.00637. The number of aliphatic hydroxyl groups excluding tert-OH is 2. The molecular formula is C10H14O8. The molecule has 4 atom stereocenters. The molecule has 2 saturated heterocycles. The van der Waals surface area contributed by atoms with Gasteiger partial charge in [0.2, 0.25) is 0 Å². The summed E-state index contributed by atoms with van der Waals surface area (Å²) < 4.78 is 18.8. The number of ether oxygens (including phenoxy) is 4. The van der Waals surface area contributed by atoms with Crippen LogP contribution in [0.25, 0.3) is 0 Å². The van der Waals surface area contributed by atoms with E-state index in [0.717, 1.165) is 0 Å². The highest BCUT2D eigenvalue weighted by Crippen LogP contribution is 2.11. The van der Waals surface area contributed by atoms with Gasteiger partial charge in [0.1, 0.15) is 25.4 Å². The highest BCUT2D eigenvalue weighted by Gasteiger charge is 2.35. The highest BCUT2D eigenvalue weighted by atomic mass is 16.6. The first kappa shape index (κ1) is 13.2. The minimum Gasteiger partial charge on any atom is -0.461 e. The monoisotopic (exact) mass is 262 g/mol. The molecule has 2 fully saturated rings. The van der Waals surface area contributed by atoms with Crippen molar-refractivity contribution in [3.05, 3.63) is 0 Å². The van der Waals surface area contributed by atoms with Crippen LogP contribution in [0.4, 0.5) is 0 Å². The number of epoxide rings is 2. The lowest BCUT2D eigenvalue weighted by atomic mass is 10.2. The van der Waals surface area contributed by atoms with Crippen LogP contribution in [0, 0.1) is 0 Å². The molecule has 2 aliphatic rings. The molecule has 0 spiro atoms. The van der Waals surface area contributed by atoms with Gasteiger partial charge in [0.05, 0.1) is 13.2 Å². The number of rotatable bonds is 7. The topological polar surface area (TPSA) is 118 Å². The van der Waals surface area contributed by atoms with Crippen LogP contribution < -0.4 is 0 Å². The van der Waals surface area contributed by atoms with Crippen LogP contribution in [0.2, 0.25) is 0 Å². The van der Waals surface area contributed by atoms with Crippen molar-refractivity contribution in [2.75, 3.05) is 26.4 Å². The Hall–Kier alpha value is -1.22. The molecule has 0 radical (unpaired) electrons. The lowest BCUT2D eigenvalue weighted by Crippen LogP contribution is -2.42. The van der Waals surface area contributed by atoms with E-state index in [1.807, 2.05) is 0 Å². The van der Waals surface area contributed by atoms with E-state index in [9.17, 15) is 19.8 Å². The first-order valence-electron chi connectivity index (χ1n) is 5.50. The summed E-state index contributed by atoms with van der Waals surface area (Å²) >= 11 is 0. The second-order valence-corrected chi connectivity index (χ2v) is 4.06. The predicted octanol–water partition coefficient (Wildman–Crippen LogP) is -2.41. The van der Waals surface area contributed by atoms with Crippen molar-refractivity contribution in [3.63, 3.8) is 0 Å². The van der Waals surface area contributed by atoms with Gasteiger partial charge in [-0.1, -0.05) is 0 Å². The number of aliphatic hydroxyl groups is 2. The first-order valence-corrected chi connectivity index (χ1v) is 5.50. The summed E-state index contributed by atoms with van der Waals surface area (Å²) in [7, 11) is 0. The molecule has 102 valence electrons. The van der Waals surface area contributed by atoms with E-state index in [1.54, 1.807) is 0 Å². The average Bonchev–Trinajstić information content (AvgIpc) is 3.24. The van der Waals surface area contributed by atoms with Gasteiger partial charge in [0, 0.05) is 0 Å². The van der Waals surface area contributed by atoms with Crippen molar-refractivity contribution in [2.45, 2.75) is 24.4 Å². The van der Waals surface area contributed by atoms with E-state index in [2.05, 4.69) is 9.47 Å². The Kier molecular flexibility index (Phi) is 4.12. The third kappa shape index (κ3) is 3.91. The fraction of sp³-hybridized carbons (Fsp3) is 0.800. The van der Waals surface area contributed by atoms with Crippen molar-refractivity contribution in [1.29, 1.82) is 0 Å². The number of carbonyl (C=O) groups is 2. The van der Waals surface area contributed by atoms with E-state index in [-0.39, 0.29) is 25.4 Å². The Morgan fingerprint density at radius 2 is 1.33 bits per heavy atom. The predicted molar refractivity (Wildman–Crippen MR) is 53.4 cm³/mol. The van der Waals surface area contributed by atoms with Crippen molar-refractivity contribution in [2.24, 2.45) is 0 Å². The standard InChI is InChI=1S/C10H14O8/c11-7(9(13)17-3-5-1-15-5)8(12)10(14)18-4-6-2-16-6/h5-8,11-12H,1-4H2. The lowest BCUT2D eigenvalue weighted by Gasteiger charge is -2.15. The molecule has 0 aromatic rings. The molecule has 8 nitrogen and oxygen atoms in total. The summed E-state index contributed by atoms with van der Waals surface area (Å²) in [6.07, 6.45) is -4.23. The molecule has 2 rings (SSSR count). The highest BCUT2D eigenvalue weighted by molar-refractivity contribution is 5.85. The summed E-state index contributed by atoms with van der Waals surface area (Å²) in [5.41, 5.74) is 0. The fourth-order valence-electron chi connectivity index (χ4n) is 1.11. The Labute approximate surface area is 102 Å². The van der Waals surface area contributed by atoms with E-state index < -0.39 is 24.1 Å². The van der Waals surface area contributed by atoms with Crippen LogP contribution in [-0.4, -0.2) is 73.0 Å². The van der Waals surface area contributed by atoms with Gasteiger partial charge in [-0.3, -0.25) is 0 Å². The molecule has 18 heavy (non-hydrogen) atoms. The van der Waals surface area contributed by atoms with Crippen molar-refractivity contribution in [3.8, 4) is 0 Å². The van der Waals surface area contributed by atoms with Gasteiger partial charge in [-0.25, -0.2) is 9.59 Å². The molecule has 4 unspecified atom stereocenters. The Morgan fingerprint density at radius 3 is 1.61 bits per heavy atom. The molecule has 0 bridgehead atoms. The smallest absolute Gasteiger partial charge is 0.338 e. The average molecular weight is 262 g/mol. The summed E-state index contributed by atoms with van der Waals surface area (Å²) in [6, 6.07) is 0. The third-order valence-electron chi connectivity index (χ3n) is 2.41. The zero-order valence-corrected chi connectivity index (χ0v) is 9.48. The Bertz CT molecular complexity index is 290. The fourth-order valence-corrected chi connectivity index (χ4v) is 1.11. The first-order chi connectivity index (χ1) is 8.58. The van der Waals surface area contributed by atoms with Gasteiger partial charge in [-0.15, -0.1) is 0 Å². The largest absolute Gasteiger partial charge is 0.461 e. The van der Waals surface area contributed by atoms with Gasteiger partial charge in [0.25, 0.3) is 0 Å². The van der Waals surface area contributed by atoms with Crippen molar-refractivity contribution < 1.29 is 38.7 Å². The summed E-state index contributed by atoms with van der Waals surface area (Å²) in [5.74, 6) is -2.17. The molecule has 0 aromatic heterocycles. The molecule has 8 heteroatoms. The van der Waals surface area contributed by atoms with Gasteiger partial charge in [0.15, 0.2) is 12.2 Å². The van der Waals surface area contributed by atoms with Crippen LogP contribution in [0.1, 0.15) is 0 Å². The zero-order chi connectivity index (χ0) is 13.1. The van der Waals surface area contributed by atoms with Crippen molar-refractivity contribution in [1.82, 2.24) is 0 Å². The molecule has 2 heterocycles. The lowest BCUT2D eigenvalue weighted by molar-refractivity contribution is -0.173. The minimum atomic E-state index is -1.96. The Morgan fingerprint density at radius 1 is 1.00 bits per heavy atom. The number of esters is 2. The van der Waals surface area contributed by atoms with Gasteiger partial charge in [-0.05, 0) is 0 Å². The van der Waals surface area contributed by atoms with Crippen LogP contribution in [0.3, 0.4) is 0 Å². The number of hydrogen-bond acceptors (Lipinski definition) is 8. The van der Waals surface area contributed by atoms with Gasteiger partial charge < -0.3 is 29.2 Å². The van der Waals surface area contributed by atoms with E-state index in [4.69, 9.17) is 9.47 Å².